The van der Waals surface area contributed by atoms with E-state index in [2.05, 4.69) is 4.98 Å². The highest BCUT2D eigenvalue weighted by Crippen LogP contribution is 2.36. The molecular formula is C15H13F3N2O2S. The molecule has 0 unspecified atom stereocenters. The van der Waals surface area contributed by atoms with Crippen LogP contribution in [0.1, 0.15) is 16.7 Å². The lowest BCUT2D eigenvalue weighted by Crippen LogP contribution is -2.29. The average Bonchev–Trinajstić information content (AvgIpc) is 2.90. The van der Waals surface area contributed by atoms with E-state index in [1.165, 1.54) is 12.1 Å². The topological polar surface area (TPSA) is 50.3 Å². The predicted molar refractivity (Wildman–Crippen MR) is 78.7 cm³/mol. The first kappa shape index (κ1) is 15.8. The van der Waals surface area contributed by atoms with Crippen LogP contribution < -0.4 is 4.31 Å². The Balaban J connectivity index is 2.01. The Morgan fingerprint density at radius 3 is 2.43 bits per heavy atom. The Hall–Kier alpha value is -2.09. The molecule has 2 heterocycles. The highest BCUT2D eigenvalue weighted by Gasteiger charge is 2.36. The zero-order chi connectivity index (χ0) is 16.8. The fourth-order valence-corrected chi connectivity index (χ4v) is 3.92. The minimum Gasteiger partial charge on any atom is -0.249 e. The number of halogens is 3. The molecule has 2 aromatic rings. The third kappa shape index (κ3) is 2.78. The summed E-state index contributed by atoms with van der Waals surface area (Å²) in [6.07, 6.45) is -3.62. The van der Waals surface area contributed by atoms with Crippen molar-refractivity contribution in [2.45, 2.75) is 24.4 Å². The fourth-order valence-electron chi connectivity index (χ4n) is 2.47. The first-order chi connectivity index (χ1) is 10.7. The SMILES string of the molecule is Cc1ccc(S(=O)(=O)N2CCc3cc(C(F)(F)F)cnc32)cc1. The number of sulfonamides is 1. The maximum absolute atomic E-state index is 12.7. The van der Waals surface area contributed by atoms with Crippen LogP contribution in [-0.2, 0) is 22.6 Å². The van der Waals surface area contributed by atoms with Gasteiger partial charge in [-0.15, -0.1) is 0 Å². The Kier molecular flexibility index (Phi) is 3.59. The summed E-state index contributed by atoms with van der Waals surface area (Å²) in [5.74, 6) is 0.0681. The number of aromatic nitrogens is 1. The molecule has 0 N–H and O–H groups in total. The molecule has 0 saturated carbocycles. The van der Waals surface area contributed by atoms with Gasteiger partial charge in [-0.3, -0.25) is 0 Å². The second-order valence-corrected chi connectivity index (χ2v) is 7.21. The van der Waals surface area contributed by atoms with Crippen molar-refractivity contribution in [3.05, 3.63) is 53.2 Å². The van der Waals surface area contributed by atoms with Gasteiger partial charge in [-0.25, -0.2) is 17.7 Å². The van der Waals surface area contributed by atoms with Gasteiger partial charge in [-0.2, -0.15) is 13.2 Å². The third-order valence-corrected chi connectivity index (χ3v) is 5.50. The van der Waals surface area contributed by atoms with Crippen molar-refractivity contribution in [2.75, 3.05) is 10.8 Å². The van der Waals surface area contributed by atoms with Crippen LogP contribution in [0.15, 0.2) is 41.4 Å². The van der Waals surface area contributed by atoms with Crippen LogP contribution in [0.2, 0.25) is 0 Å². The zero-order valence-corrected chi connectivity index (χ0v) is 12.9. The van der Waals surface area contributed by atoms with Crippen LogP contribution >= 0.6 is 0 Å². The van der Waals surface area contributed by atoms with Crippen LogP contribution in [-0.4, -0.2) is 19.9 Å². The molecule has 1 aliphatic heterocycles. The summed E-state index contributed by atoms with van der Waals surface area (Å²) >= 11 is 0. The number of hydrogen-bond donors (Lipinski definition) is 0. The lowest BCUT2D eigenvalue weighted by molar-refractivity contribution is -0.137. The second kappa shape index (κ2) is 5.23. The molecule has 1 aliphatic rings. The molecule has 8 heteroatoms. The molecule has 122 valence electrons. The van der Waals surface area contributed by atoms with E-state index in [1.807, 2.05) is 6.92 Å². The largest absolute Gasteiger partial charge is 0.417 e. The van der Waals surface area contributed by atoms with Gasteiger partial charge in [0.05, 0.1) is 10.5 Å². The molecule has 0 saturated heterocycles. The van der Waals surface area contributed by atoms with E-state index in [0.717, 1.165) is 15.9 Å². The van der Waals surface area contributed by atoms with E-state index in [1.54, 1.807) is 12.1 Å². The molecule has 0 atom stereocenters. The van der Waals surface area contributed by atoms with Gasteiger partial charge >= 0.3 is 6.18 Å². The summed E-state index contributed by atoms with van der Waals surface area (Å²) in [5, 5.41) is 0. The molecular weight excluding hydrogens is 329 g/mol. The van der Waals surface area contributed by atoms with Gasteiger partial charge in [0.1, 0.15) is 5.82 Å². The van der Waals surface area contributed by atoms with Gasteiger partial charge in [-0.05, 0) is 37.1 Å². The van der Waals surface area contributed by atoms with Crippen molar-refractivity contribution in [3.63, 3.8) is 0 Å². The predicted octanol–water partition coefficient (Wildman–Crippen LogP) is 3.16. The van der Waals surface area contributed by atoms with E-state index in [9.17, 15) is 21.6 Å². The Morgan fingerprint density at radius 2 is 1.83 bits per heavy atom. The van der Waals surface area contributed by atoms with E-state index in [-0.39, 0.29) is 29.2 Å². The van der Waals surface area contributed by atoms with Crippen LogP contribution in [0, 0.1) is 6.92 Å². The van der Waals surface area contributed by atoms with Crippen LogP contribution in [0.4, 0.5) is 19.0 Å². The summed E-state index contributed by atoms with van der Waals surface area (Å²) < 4.78 is 64.5. The molecule has 1 aromatic heterocycles. The molecule has 4 nitrogen and oxygen atoms in total. The van der Waals surface area contributed by atoms with Gasteiger partial charge in [0.25, 0.3) is 10.0 Å². The molecule has 0 amide bonds. The Bertz CT molecular complexity index is 846. The summed E-state index contributed by atoms with van der Waals surface area (Å²) in [6.45, 7) is 1.92. The molecule has 1 aromatic carbocycles. The maximum atomic E-state index is 12.7. The zero-order valence-electron chi connectivity index (χ0n) is 12.1. The lowest BCUT2D eigenvalue weighted by Gasteiger charge is -2.19. The second-order valence-electron chi connectivity index (χ2n) is 5.34. The van der Waals surface area contributed by atoms with Crippen molar-refractivity contribution in [3.8, 4) is 0 Å². The number of aryl methyl sites for hydroxylation is 1. The number of hydrogen-bond acceptors (Lipinski definition) is 3. The minimum absolute atomic E-state index is 0.0681. The third-order valence-electron chi connectivity index (χ3n) is 3.70. The lowest BCUT2D eigenvalue weighted by atomic mass is 10.1. The number of benzene rings is 1. The van der Waals surface area contributed by atoms with Gasteiger partial charge in [0.15, 0.2) is 0 Å². The Morgan fingerprint density at radius 1 is 1.17 bits per heavy atom. The first-order valence-corrected chi connectivity index (χ1v) is 8.29. The number of rotatable bonds is 2. The van der Waals surface area contributed by atoms with Gasteiger partial charge in [0.2, 0.25) is 0 Å². The van der Waals surface area contributed by atoms with Crippen LogP contribution in [0.5, 0.6) is 0 Å². The molecule has 0 aliphatic carbocycles. The van der Waals surface area contributed by atoms with Crippen LogP contribution in [0.3, 0.4) is 0 Å². The van der Waals surface area contributed by atoms with E-state index in [0.29, 0.717) is 6.20 Å². The van der Waals surface area contributed by atoms with Crippen LogP contribution in [0.25, 0.3) is 0 Å². The van der Waals surface area contributed by atoms with Gasteiger partial charge < -0.3 is 0 Å². The summed E-state index contributed by atoms with van der Waals surface area (Å²) in [4.78, 5) is 3.84. The molecule has 0 radical (unpaired) electrons. The highest BCUT2D eigenvalue weighted by atomic mass is 32.2. The van der Waals surface area contributed by atoms with E-state index >= 15 is 0 Å². The van der Waals surface area contributed by atoms with E-state index in [4.69, 9.17) is 0 Å². The summed E-state index contributed by atoms with van der Waals surface area (Å²) in [5.41, 5.74) is 0.333. The Labute approximate surface area is 131 Å². The monoisotopic (exact) mass is 342 g/mol. The minimum atomic E-state index is -4.49. The number of anilines is 1. The maximum Gasteiger partial charge on any atom is 0.417 e. The molecule has 0 fully saturated rings. The summed E-state index contributed by atoms with van der Waals surface area (Å²) in [7, 11) is -3.83. The van der Waals surface area contributed by atoms with Crippen molar-refractivity contribution in [2.24, 2.45) is 0 Å². The smallest absolute Gasteiger partial charge is 0.249 e. The number of nitrogens with zero attached hydrogens (tertiary/aromatic N) is 2. The quantitative estimate of drug-likeness (QED) is 0.842. The molecule has 3 rings (SSSR count). The van der Waals surface area contributed by atoms with Crippen molar-refractivity contribution in [1.82, 2.24) is 4.98 Å². The molecule has 0 bridgehead atoms. The standard InChI is InChI=1S/C15H13F3N2O2S/c1-10-2-4-13(5-3-10)23(21,22)20-7-6-11-8-12(15(16,17)18)9-19-14(11)20/h2-5,8-9H,6-7H2,1H3. The first-order valence-electron chi connectivity index (χ1n) is 6.85. The van der Waals surface area contributed by atoms with Crippen molar-refractivity contribution >= 4 is 15.8 Å². The summed E-state index contributed by atoms with van der Waals surface area (Å²) in [6, 6.07) is 7.26. The van der Waals surface area contributed by atoms with Crippen molar-refractivity contribution in [1.29, 1.82) is 0 Å². The fraction of sp³-hybridized carbons (Fsp3) is 0.267. The normalized spacial score (nSPS) is 14.9. The van der Waals surface area contributed by atoms with Crippen molar-refractivity contribution < 1.29 is 21.6 Å². The molecule has 0 spiro atoms. The average molecular weight is 342 g/mol. The number of alkyl halides is 3. The molecule has 23 heavy (non-hydrogen) atoms. The van der Waals surface area contributed by atoms with E-state index < -0.39 is 21.8 Å². The number of fused-ring (bicyclic) bond motifs is 1. The van der Waals surface area contributed by atoms with Gasteiger partial charge in [0, 0.05) is 12.7 Å². The number of pyridine rings is 1. The highest BCUT2D eigenvalue weighted by molar-refractivity contribution is 7.92. The van der Waals surface area contributed by atoms with Gasteiger partial charge in [-0.1, -0.05) is 17.7 Å².